The van der Waals surface area contributed by atoms with Crippen molar-refractivity contribution in [3.8, 4) is 22.8 Å². The molecule has 1 atom stereocenters. The number of halogens is 4. The van der Waals surface area contributed by atoms with Crippen molar-refractivity contribution in [3.05, 3.63) is 96.2 Å². The van der Waals surface area contributed by atoms with Crippen molar-refractivity contribution >= 4 is 34.7 Å². The number of benzene rings is 3. The number of aromatic nitrogens is 3. The summed E-state index contributed by atoms with van der Waals surface area (Å²) < 4.78 is 56.6. The van der Waals surface area contributed by atoms with Crippen LogP contribution in [-0.4, -0.2) is 44.1 Å². The van der Waals surface area contributed by atoms with Crippen LogP contribution in [0.3, 0.4) is 0 Å². The summed E-state index contributed by atoms with van der Waals surface area (Å²) in [6.45, 7) is 6.08. The summed E-state index contributed by atoms with van der Waals surface area (Å²) in [5, 5.41) is 7.66. The van der Waals surface area contributed by atoms with Crippen LogP contribution in [0.25, 0.3) is 23.2 Å². The molecule has 13 heteroatoms. The Kier molecular flexibility index (Phi) is 9.57. The van der Waals surface area contributed by atoms with Crippen LogP contribution in [0.1, 0.15) is 44.2 Å². The summed E-state index contributed by atoms with van der Waals surface area (Å²) in [6, 6.07) is 16.9. The van der Waals surface area contributed by atoms with E-state index in [1.165, 1.54) is 65.4 Å². The first-order valence-electron chi connectivity index (χ1n) is 14.1. The molecule has 1 fully saturated rings. The highest BCUT2D eigenvalue weighted by Gasteiger charge is 2.31. The third-order valence-corrected chi connectivity index (χ3v) is 7.95. The van der Waals surface area contributed by atoms with Crippen molar-refractivity contribution in [2.24, 2.45) is 4.99 Å². The van der Waals surface area contributed by atoms with E-state index in [1.54, 1.807) is 12.1 Å². The van der Waals surface area contributed by atoms with Crippen molar-refractivity contribution in [3.63, 3.8) is 0 Å². The third kappa shape index (κ3) is 8.09. The molecular weight excluding hydrogens is 608 g/mol. The fraction of sp³-hybridized carbons (Fsp3) is 0.250. The number of carbonyl (C=O) groups is 1. The van der Waals surface area contributed by atoms with Crippen LogP contribution < -0.4 is 15.0 Å². The number of urea groups is 1. The molecule has 0 bridgehead atoms. The van der Waals surface area contributed by atoms with Crippen molar-refractivity contribution in [2.75, 3.05) is 10.7 Å². The number of aliphatic imine (C=N–C) groups is 1. The predicted molar refractivity (Wildman–Crippen MR) is 168 cm³/mol. The van der Waals surface area contributed by atoms with Crippen LogP contribution in [0.5, 0.6) is 5.75 Å². The van der Waals surface area contributed by atoms with Crippen molar-refractivity contribution in [1.82, 2.24) is 20.1 Å². The molecule has 5 rings (SSSR count). The second-order valence-corrected chi connectivity index (χ2v) is 11.6. The van der Waals surface area contributed by atoms with Gasteiger partial charge >= 0.3 is 12.4 Å². The van der Waals surface area contributed by atoms with E-state index in [0.717, 1.165) is 34.6 Å². The molecule has 4 aromatic rings. The number of nitrogens with one attached hydrogen (secondary N) is 1. The van der Waals surface area contributed by atoms with E-state index in [-0.39, 0.29) is 23.5 Å². The van der Waals surface area contributed by atoms with Crippen LogP contribution in [0, 0.1) is 5.82 Å². The number of hydrogen-bond donors (Lipinski definition) is 1. The van der Waals surface area contributed by atoms with Gasteiger partial charge in [-0.1, -0.05) is 49.9 Å². The van der Waals surface area contributed by atoms with Gasteiger partial charge in [0.2, 0.25) is 0 Å². The summed E-state index contributed by atoms with van der Waals surface area (Å²) in [4.78, 5) is 23.4. The van der Waals surface area contributed by atoms with Crippen LogP contribution >= 0.6 is 11.8 Å². The van der Waals surface area contributed by atoms with Gasteiger partial charge in [-0.05, 0) is 78.9 Å². The maximum atomic E-state index is 14.0. The fourth-order valence-electron chi connectivity index (χ4n) is 4.73. The van der Waals surface area contributed by atoms with Gasteiger partial charge in [0.05, 0.1) is 5.69 Å². The minimum Gasteiger partial charge on any atom is -0.406 e. The lowest BCUT2D eigenvalue weighted by atomic mass is 9.99. The van der Waals surface area contributed by atoms with E-state index in [2.05, 4.69) is 32.1 Å². The highest BCUT2D eigenvalue weighted by molar-refractivity contribution is 8.14. The lowest BCUT2D eigenvalue weighted by Crippen LogP contribution is -2.42. The standard InChI is InChI=1S/C32H30F4N6O2S/c1-20(2)27-18-24(33)8-13-28(27)42-21(3)15-17-45-31(42)39-30(43)37-16-14-22-4-6-23(7-5-22)29-38-19-41(40-29)25-9-11-26(12-10-25)44-32(34,35)36/h4-14,16,18-21H,15,17H2,1-3H3,(H,37,43)/b16-14+,39-31?. The molecular formula is C32H30F4N6O2S. The van der Waals surface area contributed by atoms with E-state index in [0.29, 0.717) is 16.7 Å². The average molecular weight is 639 g/mol. The summed E-state index contributed by atoms with van der Waals surface area (Å²) in [5.41, 5.74) is 3.76. The quantitative estimate of drug-likeness (QED) is 0.206. The fourth-order valence-corrected chi connectivity index (χ4v) is 5.94. The van der Waals surface area contributed by atoms with Gasteiger partial charge in [-0.3, -0.25) is 0 Å². The first-order chi connectivity index (χ1) is 21.5. The van der Waals surface area contributed by atoms with Gasteiger partial charge in [0.15, 0.2) is 11.0 Å². The molecule has 3 aromatic carbocycles. The number of amides is 2. The Morgan fingerprint density at radius 3 is 2.53 bits per heavy atom. The van der Waals surface area contributed by atoms with Crippen LogP contribution in [0.2, 0.25) is 0 Å². The number of alkyl halides is 3. The molecule has 2 amide bonds. The van der Waals surface area contributed by atoms with E-state index in [1.807, 2.05) is 43.0 Å². The molecule has 1 aromatic heterocycles. The van der Waals surface area contributed by atoms with E-state index >= 15 is 0 Å². The lowest BCUT2D eigenvalue weighted by molar-refractivity contribution is -0.274. The highest BCUT2D eigenvalue weighted by atomic mass is 32.2. The summed E-state index contributed by atoms with van der Waals surface area (Å²) in [5.74, 6) is 0.713. The number of thioether (sulfide) groups is 1. The van der Waals surface area contributed by atoms with Gasteiger partial charge in [0.25, 0.3) is 0 Å². The Morgan fingerprint density at radius 2 is 1.84 bits per heavy atom. The van der Waals surface area contributed by atoms with Crippen molar-refractivity contribution < 1.29 is 27.1 Å². The van der Waals surface area contributed by atoms with Gasteiger partial charge < -0.3 is 15.0 Å². The average Bonchev–Trinajstić information content (AvgIpc) is 3.48. The predicted octanol–water partition coefficient (Wildman–Crippen LogP) is 8.16. The smallest absolute Gasteiger partial charge is 0.406 e. The number of hydrogen-bond acceptors (Lipinski definition) is 5. The minimum absolute atomic E-state index is 0.0909. The molecule has 1 aliphatic rings. The normalized spacial score (nSPS) is 16.5. The number of ether oxygens (including phenoxy) is 1. The molecule has 0 saturated carbocycles. The Hall–Kier alpha value is -4.65. The van der Waals surface area contributed by atoms with E-state index in [4.69, 9.17) is 0 Å². The molecule has 1 unspecified atom stereocenters. The number of carbonyl (C=O) groups excluding carboxylic acids is 1. The Labute approximate surface area is 261 Å². The third-order valence-electron chi connectivity index (χ3n) is 6.96. The summed E-state index contributed by atoms with van der Waals surface area (Å²) >= 11 is 1.49. The van der Waals surface area contributed by atoms with Crippen molar-refractivity contribution in [2.45, 2.75) is 45.5 Å². The highest BCUT2D eigenvalue weighted by Crippen LogP contribution is 2.35. The minimum atomic E-state index is -4.76. The molecule has 0 aliphatic carbocycles. The molecule has 0 spiro atoms. The van der Waals surface area contributed by atoms with Gasteiger partial charge in [0.1, 0.15) is 17.9 Å². The van der Waals surface area contributed by atoms with Gasteiger partial charge in [-0.2, -0.15) is 4.99 Å². The second kappa shape index (κ2) is 13.6. The van der Waals surface area contributed by atoms with Crippen LogP contribution in [0.15, 0.2) is 84.2 Å². The van der Waals surface area contributed by atoms with Gasteiger partial charge in [0, 0.05) is 29.2 Å². The number of nitrogens with zero attached hydrogens (tertiary/aromatic N) is 5. The number of amidine groups is 1. The molecule has 1 saturated heterocycles. The monoisotopic (exact) mass is 638 g/mol. The second-order valence-electron chi connectivity index (χ2n) is 10.6. The Bertz CT molecular complexity index is 1700. The number of anilines is 1. The first kappa shape index (κ1) is 31.8. The Morgan fingerprint density at radius 1 is 1.11 bits per heavy atom. The van der Waals surface area contributed by atoms with Gasteiger partial charge in [-0.25, -0.2) is 18.9 Å². The van der Waals surface area contributed by atoms with E-state index < -0.39 is 12.4 Å². The molecule has 0 radical (unpaired) electrons. The molecule has 1 N–H and O–H groups in total. The summed E-state index contributed by atoms with van der Waals surface area (Å²) in [6.07, 6.45) is 0.844. The zero-order chi connectivity index (χ0) is 32.1. The molecule has 8 nitrogen and oxygen atoms in total. The van der Waals surface area contributed by atoms with Crippen molar-refractivity contribution in [1.29, 1.82) is 0 Å². The zero-order valence-corrected chi connectivity index (χ0v) is 25.4. The van der Waals surface area contributed by atoms with E-state index in [9.17, 15) is 22.4 Å². The summed E-state index contributed by atoms with van der Waals surface area (Å²) in [7, 11) is 0. The maximum Gasteiger partial charge on any atom is 0.573 e. The van der Waals surface area contributed by atoms with Gasteiger partial charge in [-0.15, -0.1) is 18.3 Å². The molecule has 2 heterocycles. The lowest BCUT2D eigenvalue weighted by Gasteiger charge is -2.37. The molecule has 1 aliphatic heterocycles. The first-order valence-corrected chi connectivity index (χ1v) is 15.1. The maximum absolute atomic E-state index is 14.0. The molecule has 234 valence electrons. The van der Waals surface area contributed by atoms with Crippen LogP contribution in [0.4, 0.5) is 28.0 Å². The van der Waals surface area contributed by atoms with Crippen LogP contribution in [-0.2, 0) is 0 Å². The zero-order valence-electron chi connectivity index (χ0n) is 24.6. The largest absolute Gasteiger partial charge is 0.573 e. The molecule has 45 heavy (non-hydrogen) atoms. The number of rotatable bonds is 7. The topological polar surface area (TPSA) is 84.6 Å². The Balaban J connectivity index is 1.22. The SMILES string of the molecule is CC(C)c1cc(F)ccc1N1C(=NC(=O)N/C=C/c2ccc(-c3ncn(-c4ccc(OC(F)(F)F)cc4)n3)cc2)SCCC1C.